The van der Waals surface area contributed by atoms with Gasteiger partial charge in [0.25, 0.3) is 0 Å². The first-order chi connectivity index (χ1) is 4.31. The summed E-state index contributed by atoms with van der Waals surface area (Å²) in [5.41, 5.74) is 1.07. The Balaban J connectivity index is 3.68. The third-order valence-corrected chi connectivity index (χ3v) is 1.16. The third kappa shape index (κ3) is 5.50. The van der Waals surface area contributed by atoms with E-state index in [4.69, 9.17) is 0 Å². The second kappa shape index (κ2) is 5.76. The van der Waals surface area contributed by atoms with Crippen LogP contribution >= 0.6 is 15.9 Å². The van der Waals surface area contributed by atoms with E-state index in [1.54, 1.807) is 4.99 Å². The molecule has 0 heterocycles. The van der Waals surface area contributed by atoms with Crippen molar-refractivity contribution in [2.75, 3.05) is 0 Å². The van der Waals surface area contributed by atoms with Gasteiger partial charge in [-0.1, -0.05) is 33.7 Å². The molecule has 0 aromatic heterocycles. The van der Waals surface area contributed by atoms with Crippen LogP contribution in [-0.2, 0) is 4.79 Å². The maximum atomic E-state index is 9.90. The van der Waals surface area contributed by atoms with Crippen molar-refractivity contribution in [3.8, 4) is 0 Å². The lowest BCUT2D eigenvalue weighted by Gasteiger charge is -1.86. The van der Waals surface area contributed by atoms with Crippen molar-refractivity contribution in [2.45, 2.75) is 13.3 Å². The van der Waals surface area contributed by atoms with Gasteiger partial charge in [-0.25, -0.2) is 0 Å². The summed E-state index contributed by atoms with van der Waals surface area (Å²) in [6, 6.07) is 0. The Morgan fingerprint density at radius 1 is 1.67 bits per heavy atom. The monoisotopic (exact) mass is 188 g/mol. The van der Waals surface area contributed by atoms with E-state index in [-0.39, 0.29) is 0 Å². The smallest absolute Gasteiger partial charge is 0.124 e. The summed E-state index contributed by atoms with van der Waals surface area (Å²) >= 11 is 3.12. The molecular formula is C7H9BrO. The van der Waals surface area contributed by atoms with Gasteiger partial charge in [0.1, 0.15) is 6.29 Å². The lowest BCUT2D eigenvalue weighted by Crippen LogP contribution is -1.75. The van der Waals surface area contributed by atoms with Gasteiger partial charge in [-0.3, -0.25) is 0 Å². The zero-order valence-electron chi connectivity index (χ0n) is 5.30. The first kappa shape index (κ1) is 8.63. The van der Waals surface area contributed by atoms with Crippen LogP contribution in [0.2, 0.25) is 0 Å². The average molecular weight is 189 g/mol. The highest BCUT2D eigenvalue weighted by Crippen LogP contribution is 1.97. The van der Waals surface area contributed by atoms with E-state index in [2.05, 4.69) is 15.9 Å². The summed E-state index contributed by atoms with van der Waals surface area (Å²) in [5.74, 6) is 0. The Hall–Kier alpha value is -0.370. The number of carbonyl (C=O) groups is 1. The molecule has 0 unspecified atom stereocenters. The minimum absolute atomic E-state index is 0.525. The molecule has 0 spiro atoms. The molecule has 0 aliphatic rings. The predicted octanol–water partition coefficient (Wildman–Crippen LogP) is 2.43. The fourth-order valence-electron chi connectivity index (χ4n) is 0.400. The van der Waals surface area contributed by atoms with Gasteiger partial charge in [-0.2, -0.15) is 0 Å². The van der Waals surface area contributed by atoms with Crippen molar-refractivity contribution in [2.24, 2.45) is 0 Å². The molecule has 0 fully saturated rings. The summed E-state index contributed by atoms with van der Waals surface area (Å²) in [6.07, 6.45) is 5.16. The highest BCUT2D eigenvalue weighted by atomic mass is 79.9. The van der Waals surface area contributed by atoms with Crippen molar-refractivity contribution in [1.82, 2.24) is 0 Å². The molecule has 0 radical (unpaired) electrons. The number of aldehydes is 1. The van der Waals surface area contributed by atoms with Crippen LogP contribution < -0.4 is 0 Å². The lowest BCUT2D eigenvalue weighted by molar-refractivity contribution is -0.107. The van der Waals surface area contributed by atoms with E-state index in [9.17, 15) is 4.79 Å². The van der Waals surface area contributed by atoms with Crippen LogP contribution in [0.5, 0.6) is 0 Å². The van der Waals surface area contributed by atoms with Crippen LogP contribution in [-0.4, -0.2) is 6.29 Å². The van der Waals surface area contributed by atoms with Crippen molar-refractivity contribution < 1.29 is 4.79 Å². The number of hydrogen-bond acceptors (Lipinski definition) is 1. The van der Waals surface area contributed by atoms with Crippen LogP contribution in [0.3, 0.4) is 0 Å². The Labute approximate surface area is 63.6 Å². The summed E-state index contributed by atoms with van der Waals surface area (Å²) in [6.45, 7) is 1.92. The van der Waals surface area contributed by atoms with Crippen molar-refractivity contribution in [3.63, 3.8) is 0 Å². The molecule has 0 bridgehead atoms. The third-order valence-electron chi connectivity index (χ3n) is 0.859. The van der Waals surface area contributed by atoms with Crippen LogP contribution in [0.4, 0.5) is 0 Å². The van der Waals surface area contributed by atoms with Gasteiger partial charge in [0.05, 0.1) is 0 Å². The highest BCUT2D eigenvalue weighted by Gasteiger charge is 1.81. The van der Waals surface area contributed by atoms with E-state index in [1.807, 2.05) is 19.1 Å². The fourth-order valence-corrected chi connectivity index (χ4v) is 0.553. The maximum absolute atomic E-state index is 9.90. The van der Waals surface area contributed by atoms with Crippen molar-refractivity contribution in [3.05, 3.63) is 22.7 Å². The Bertz CT molecular complexity index is 136. The zero-order valence-corrected chi connectivity index (χ0v) is 6.89. The zero-order chi connectivity index (χ0) is 7.11. The summed E-state index contributed by atoms with van der Waals surface area (Å²) < 4.78 is 0. The SMILES string of the molecule is CC(=CC=CBr)CC=O. The van der Waals surface area contributed by atoms with Crippen LogP contribution in [0.25, 0.3) is 0 Å². The number of halogens is 1. The Kier molecular flexibility index (Phi) is 5.52. The highest BCUT2D eigenvalue weighted by molar-refractivity contribution is 9.11. The quantitative estimate of drug-likeness (QED) is 0.492. The van der Waals surface area contributed by atoms with Crippen LogP contribution in [0.15, 0.2) is 22.7 Å². The molecule has 0 saturated carbocycles. The fraction of sp³-hybridized carbons (Fsp3) is 0.286. The molecule has 0 aromatic carbocycles. The van der Waals surface area contributed by atoms with Gasteiger partial charge < -0.3 is 4.79 Å². The molecule has 0 rings (SSSR count). The Morgan fingerprint density at radius 3 is 2.78 bits per heavy atom. The lowest BCUT2D eigenvalue weighted by atomic mass is 10.2. The van der Waals surface area contributed by atoms with Crippen LogP contribution in [0.1, 0.15) is 13.3 Å². The molecule has 0 atom stereocenters. The standard InChI is InChI=1S/C7H9BrO/c1-7(4-6-9)3-2-5-8/h2-3,5-6H,4H2,1H3. The topological polar surface area (TPSA) is 17.1 Å². The van der Waals surface area contributed by atoms with Gasteiger partial charge in [-0.15, -0.1) is 0 Å². The van der Waals surface area contributed by atoms with Crippen LogP contribution in [0, 0.1) is 0 Å². The summed E-state index contributed by atoms with van der Waals surface area (Å²) in [5, 5.41) is 0. The number of rotatable bonds is 3. The largest absolute Gasteiger partial charge is 0.303 e. The normalized spacial score (nSPS) is 12.4. The number of hydrogen-bond donors (Lipinski definition) is 0. The molecule has 9 heavy (non-hydrogen) atoms. The average Bonchev–Trinajstić information content (AvgIpc) is 1.85. The molecule has 2 heteroatoms. The van der Waals surface area contributed by atoms with E-state index >= 15 is 0 Å². The van der Waals surface area contributed by atoms with Gasteiger partial charge in [0.15, 0.2) is 0 Å². The molecule has 0 aliphatic heterocycles. The molecule has 0 saturated heterocycles. The molecule has 1 nitrogen and oxygen atoms in total. The van der Waals surface area contributed by atoms with Gasteiger partial charge in [0, 0.05) is 6.42 Å². The molecule has 0 aromatic rings. The van der Waals surface area contributed by atoms with E-state index in [0.717, 1.165) is 11.9 Å². The van der Waals surface area contributed by atoms with E-state index < -0.39 is 0 Å². The molecule has 0 amide bonds. The molecule has 0 N–H and O–H groups in total. The first-order valence-electron chi connectivity index (χ1n) is 2.67. The molecule has 50 valence electrons. The molecular weight excluding hydrogens is 180 g/mol. The number of carbonyl (C=O) groups excluding carboxylic acids is 1. The minimum Gasteiger partial charge on any atom is -0.303 e. The second-order valence-corrected chi connectivity index (χ2v) is 2.23. The Morgan fingerprint density at radius 2 is 2.33 bits per heavy atom. The predicted molar refractivity (Wildman–Crippen MR) is 42.5 cm³/mol. The summed E-state index contributed by atoms with van der Waals surface area (Å²) in [4.78, 5) is 11.7. The molecule has 0 aliphatic carbocycles. The summed E-state index contributed by atoms with van der Waals surface area (Å²) in [7, 11) is 0. The number of allylic oxidation sites excluding steroid dienone is 3. The van der Waals surface area contributed by atoms with Gasteiger partial charge in [0.2, 0.25) is 0 Å². The minimum atomic E-state index is 0.525. The first-order valence-corrected chi connectivity index (χ1v) is 3.59. The van der Waals surface area contributed by atoms with E-state index in [0.29, 0.717) is 6.42 Å². The maximum Gasteiger partial charge on any atom is 0.124 e. The van der Waals surface area contributed by atoms with Gasteiger partial charge >= 0.3 is 0 Å². The van der Waals surface area contributed by atoms with Crippen molar-refractivity contribution in [1.29, 1.82) is 0 Å². The van der Waals surface area contributed by atoms with E-state index in [1.165, 1.54) is 0 Å². The second-order valence-electron chi connectivity index (χ2n) is 1.70. The van der Waals surface area contributed by atoms with Gasteiger partial charge in [-0.05, 0) is 11.9 Å². The van der Waals surface area contributed by atoms with Crippen molar-refractivity contribution >= 4 is 22.2 Å².